The van der Waals surface area contributed by atoms with Crippen LogP contribution < -0.4 is 10.6 Å². The Morgan fingerprint density at radius 1 is 1.04 bits per heavy atom. The monoisotopic (exact) mass is 336 g/mol. The summed E-state index contributed by atoms with van der Waals surface area (Å²) < 4.78 is 9.80. The van der Waals surface area contributed by atoms with Crippen molar-refractivity contribution in [2.24, 2.45) is 0 Å². The van der Waals surface area contributed by atoms with Gasteiger partial charge in [0.2, 0.25) is 0 Å². The molecule has 132 valence electrons. The van der Waals surface area contributed by atoms with Crippen LogP contribution in [-0.4, -0.2) is 36.2 Å². The van der Waals surface area contributed by atoms with Crippen molar-refractivity contribution in [1.82, 2.24) is 5.32 Å². The zero-order chi connectivity index (χ0) is 18.5. The van der Waals surface area contributed by atoms with Gasteiger partial charge in [-0.3, -0.25) is 10.1 Å². The van der Waals surface area contributed by atoms with Crippen LogP contribution in [0.5, 0.6) is 0 Å². The number of ether oxygens (including phenoxy) is 2. The summed E-state index contributed by atoms with van der Waals surface area (Å²) in [6, 6.07) is 6.31. The number of carbonyl (C=O) groups excluding carboxylic acids is 3. The summed E-state index contributed by atoms with van der Waals surface area (Å²) >= 11 is 0. The number of benzene rings is 1. The number of esters is 1. The largest absolute Gasteiger partial charge is 0.467 e. The minimum absolute atomic E-state index is 0.292. The van der Waals surface area contributed by atoms with Crippen LogP contribution in [0, 0.1) is 0 Å². The maximum Gasteiger partial charge on any atom is 0.412 e. The lowest BCUT2D eigenvalue weighted by Gasteiger charge is -2.23. The molecule has 2 amide bonds. The van der Waals surface area contributed by atoms with E-state index < -0.39 is 29.1 Å². The maximum atomic E-state index is 12.3. The smallest absolute Gasteiger partial charge is 0.412 e. The lowest BCUT2D eigenvalue weighted by Crippen LogP contribution is -2.50. The molecule has 0 aliphatic heterocycles. The van der Waals surface area contributed by atoms with Gasteiger partial charge in [0.05, 0.1) is 7.11 Å². The Morgan fingerprint density at radius 2 is 1.67 bits per heavy atom. The molecular weight excluding hydrogens is 312 g/mol. The molecule has 7 heteroatoms. The first-order valence-corrected chi connectivity index (χ1v) is 7.45. The Bertz CT molecular complexity index is 632. The molecular formula is C17H24N2O5. The Kier molecular flexibility index (Phi) is 5.95. The van der Waals surface area contributed by atoms with Crippen molar-refractivity contribution in [2.75, 3.05) is 12.4 Å². The minimum Gasteiger partial charge on any atom is -0.467 e. The maximum absolute atomic E-state index is 12.3. The van der Waals surface area contributed by atoms with Crippen molar-refractivity contribution in [3.63, 3.8) is 0 Å². The lowest BCUT2D eigenvalue weighted by molar-refractivity contribution is -0.146. The predicted molar refractivity (Wildman–Crippen MR) is 89.9 cm³/mol. The second kappa shape index (κ2) is 7.33. The average molecular weight is 336 g/mol. The topological polar surface area (TPSA) is 93.7 Å². The number of hydrogen-bond acceptors (Lipinski definition) is 5. The molecule has 0 unspecified atom stereocenters. The van der Waals surface area contributed by atoms with E-state index in [0.717, 1.165) is 0 Å². The molecule has 7 nitrogen and oxygen atoms in total. The normalized spacial score (nSPS) is 11.4. The Hall–Kier alpha value is -2.57. The molecule has 0 spiro atoms. The third-order valence-corrected chi connectivity index (χ3v) is 2.89. The van der Waals surface area contributed by atoms with E-state index in [9.17, 15) is 14.4 Å². The highest BCUT2D eigenvalue weighted by atomic mass is 16.6. The highest BCUT2D eigenvalue weighted by Gasteiger charge is 2.30. The van der Waals surface area contributed by atoms with Crippen LogP contribution >= 0.6 is 0 Å². The molecule has 0 heterocycles. The highest BCUT2D eigenvalue weighted by Crippen LogP contribution is 2.15. The molecule has 2 N–H and O–H groups in total. The highest BCUT2D eigenvalue weighted by molar-refractivity contribution is 5.99. The van der Waals surface area contributed by atoms with E-state index in [0.29, 0.717) is 11.3 Å². The van der Waals surface area contributed by atoms with E-state index in [1.807, 2.05) is 0 Å². The van der Waals surface area contributed by atoms with Gasteiger partial charge in [0.15, 0.2) is 0 Å². The first-order chi connectivity index (χ1) is 10.9. The number of methoxy groups -OCH3 is 1. The zero-order valence-corrected chi connectivity index (χ0v) is 14.9. The van der Waals surface area contributed by atoms with Crippen LogP contribution in [-0.2, 0) is 14.3 Å². The summed E-state index contributed by atoms with van der Waals surface area (Å²) in [5.41, 5.74) is -1.09. The molecule has 0 bridgehead atoms. The van der Waals surface area contributed by atoms with Crippen LogP contribution in [0.4, 0.5) is 10.5 Å². The van der Waals surface area contributed by atoms with Crippen LogP contribution in [0.3, 0.4) is 0 Å². The Balaban J connectivity index is 2.83. The van der Waals surface area contributed by atoms with E-state index >= 15 is 0 Å². The standard InChI is InChI=1S/C17H24N2O5/c1-16(2,3)24-15(22)18-12-9-7-8-11(10-12)13(20)19-17(4,5)14(21)23-6/h7-10H,1-6H3,(H,18,22)(H,19,20). The molecule has 0 saturated heterocycles. The summed E-state index contributed by atoms with van der Waals surface area (Å²) in [4.78, 5) is 35.7. The first-order valence-electron chi connectivity index (χ1n) is 7.45. The minimum atomic E-state index is -1.17. The van der Waals surface area contributed by atoms with Gasteiger partial charge >= 0.3 is 12.1 Å². The summed E-state index contributed by atoms with van der Waals surface area (Å²) in [6.45, 7) is 8.35. The molecule has 0 aromatic heterocycles. The molecule has 1 aromatic carbocycles. The fraction of sp³-hybridized carbons (Fsp3) is 0.471. The first kappa shape index (κ1) is 19.5. The summed E-state index contributed by atoms with van der Waals surface area (Å²) in [5, 5.41) is 5.14. The fourth-order valence-corrected chi connectivity index (χ4v) is 1.82. The second-order valence-corrected chi connectivity index (χ2v) is 6.78. The number of rotatable bonds is 4. The molecule has 0 aliphatic carbocycles. The molecule has 0 fully saturated rings. The fourth-order valence-electron chi connectivity index (χ4n) is 1.82. The molecule has 1 rings (SSSR count). The van der Waals surface area contributed by atoms with Crippen molar-refractivity contribution in [1.29, 1.82) is 0 Å². The summed E-state index contributed by atoms with van der Waals surface area (Å²) in [6.07, 6.45) is -0.616. The quantitative estimate of drug-likeness (QED) is 0.825. The average Bonchev–Trinajstić information content (AvgIpc) is 2.43. The van der Waals surface area contributed by atoms with Gasteiger partial charge in [-0.1, -0.05) is 6.07 Å². The zero-order valence-electron chi connectivity index (χ0n) is 14.9. The second-order valence-electron chi connectivity index (χ2n) is 6.78. The number of carbonyl (C=O) groups is 3. The molecule has 0 saturated carbocycles. The van der Waals surface area contributed by atoms with Gasteiger partial charge in [-0.15, -0.1) is 0 Å². The van der Waals surface area contributed by atoms with Gasteiger partial charge in [0, 0.05) is 11.3 Å². The van der Waals surface area contributed by atoms with Crippen LogP contribution in [0.25, 0.3) is 0 Å². The van der Waals surface area contributed by atoms with Crippen LogP contribution in [0.1, 0.15) is 45.0 Å². The van der Waals surface area contributed by atoms with Crippen LogP contribution in [0.15, 0.2) is 24.3 Å². The third-order valence-electron chi connectivity index (χ3n) is 2.89. The predicted octanol–water partition coefficient (Wildman–Crippen LogP) is 2.72. The summed E-state index contributed by atoms with van der Waals surface area (Å²) in [7, 11) is 1.25. The van der Waals surface area contributed by atoms with Crippen molar-refractivity contribution in [2.45, 2.75) is 45.8 Å². The van der Waals surface area contributed by atoms with E-state index in [2.05, 4.69) is 15.4 Å². The van der Waals surface area contributed by atoms with Gasteiger partial charge in [-0.05, 0) is 52.8 Å². The number of anilines is 1. The van der Waals surface area contributed by atoms with Gasteiger partial charge in [0.1, 0.15) is 11.1 Å². The van der Waals surface area contributed by atoms with E-state index in [4.69, 9.17) is 4.74 Å². The molecule has 0 aliphatic rings. The van der Waals surface area contributed by atoms with Crippen LogP contribution in [0.2, 0.25) is 0 Å². The number of hydrogen-bond donors (Lipinski definition) is 2. The number of nitrogens with one attached hydrogen (secondary N) is 2. The lowest BCUT2D eigenvalue weighted by atomic mass is 10.0. The molecule has 0 radical (unpaired) electrons. The van der Waals surface area contributed by atoms with Crippen molar-refractivity contribution in [3.05, 3.63) is 29.8 Å². The third kappa shape index (κ3) is 5.91. The summed E-state index contributed by atoms with van der Waals surface area (Å²) in [5.74, 6) is -1.02. The van der Waals surface area contributed by atoms with E-state index in [1.165, 1.54) is 13.2 Å². The van der Waals surface area contributed by atoms with Crippen molar-refractivity contribution >= 4 is 23.7 Å². The van der Waals surface area contributed by atoms with E-state index in [1.54, 1.807) is 52.8 Å². The molecule has 0 atom stereocenters. The molecule has 24 heavy (non-hydrogen) atoms. The SMILES string of the molecule is COC(=O)C(C)(C)NC(=O)c1cccc(NC(=O)OC(C)(C)C)c1. The van der Waals surface area contributed by atoms with Gasteiger partial charge < -0.3 is 14.8 Å². The van der Waals surface area contributed by atoms with Gasteiger partial charge in [-0.25, -0.2) is 9.59 Å². The Labute approximate surface area is 141 Å². The Morgan fingerprint density at radius 3 is 2.21 bits per heavy atom. The number of amides is 2. The van der Waals surface area contributed by atoms with Crippen molar-refractivity contribution in [3.8, 4) is 0 Å². The molecule has 1 aromatic rings. The van der Waals surface area contributed by atoms with Gasteiger partial charge in [-0.2, -0.15) is 0 Å². The van der Waals surface area contributed by atoms with Crippen molar-refractivity contribution < 1.29 is 23.9 Å². The van der Waals surface area contributed by atoms with E-state index in [-0.39, 0.29) is 0 Å². The van der Waals surface area contributed by atoms with Gasteiger partial charge in [0.25, 0.3) is 5.91 Å².